The molecule has 0 heterocycles. The zero-order chi connectivity index (χ0) is 16.5. The second-order valence-corrected chi connectivity index (χ2v) is 4.76. The molecule has 23 heavy (non-hydrogen) atoms. The first-order chi connectivity index (χ1) is 11.3. The number of rotatable bonds is 9. The first kappa shape index (κ1) is 16.7. The van der Waals surface area contributed by atoms with Crippen molar-refractivity contribution in [2.75, 3.05) is 27.4 Å². The van der Waals surface area contributed by atoms with Gasteiger partial charge in [-0.25, -0.2) is 0 Å². The smallest absolute Gasteiger partial charge is 0.161 e. The van der Waals surface area contributed by atoms with Crippen LogP contribution in [0.15, 0.2) is 42.5 Å². The maximum Gasteiger partial charge on any atom is 0.161 e. The van der Waals surface area contributed by atoms with Crippen molar-refractivity contribution in [2.24, 2.45) is 0 Å². The largest absolute Gasteiger partial charge is 0.497 e. The van der Waals surface area contributed by atoms with Gasteiger partial charge in [0.05, 0.1) is 27.4 Å². The Bertz CT molecular complexity index is 639. The lowest BCUT2D eigenvalue weighted by Crippen LogP contribution is -2.06. The van der Waals surface area contributed by atoms with Crippen LogP contribution in [-0.2, 0) is 0 Å². The molecule has 2 aromatic carbocycles. The van der Waals surface area contributed by atoms with E-state index in [-0.39, 0.29) is 0 Å². The molecular formula is C18H20O5. The molecule has 5 heteroatoms. The van der Waals surface area contributed by atoms with Gasteiger partial charge in [-0.05, 0) is 30.3 Å². The molecule has 5 nitrogen and oxygen atoms in total. The van der Waals surface area contributed by atoms with Crippen molar-refractivity contribution in [3.05, 3.63) is 48.0 Å². The van der Waals surface area contributed by atoms with E-state index in [1.165, 1.54) is 0 Å². The first-order valence-electron chi connectivity index (χ1n) is 7.29. The fourth-order valence-electron chi connectivity index (χ4n) is 2.00. The van der Waals surface area contributed by atoms with Crippen molar-refractivity contribution < 1.29 is 23.7 Å². The van der Waals surface area contributed by atoms with E-state index >= 15 is 0 Å². The van der Waals surface area contributed by atoms with Crippen LogP contribution < -0.4 is 18.9 Å². The van der Waals surface area contributed by atoms with Crippen LogP contribution in [0.25, 0.3) is 0 Å². The summed E-state index contributed by atoms with van der Waals surface area (Å²) in [5.74, 6) is 2.67. The van der Waals surface area contributed by atoms with Crippen molar-refractivity contribution in [2.45, 2.75) is 6.42 Å². The summed E-state index contributed by atoms with van der Waals surface area (Å²) in [7, 11) is 3.18. The van der Waals surface area contributed by atoms with Crippen molar-refractivity contribution in [1.29, 1.82) is 0 Å². The number of aldehydes is 1. The molecule has 2 aromatic rings. The van der Waals surface area contributed by atoms with E-state index < -0.39 is 0 Å². The monoisotopic (exact) mass is 316 g/mol. The minimum atomic E-state index is 0.461. The van der Waals surface area contributed by atoms with E-state index in [2.05, 4.69) is 0 Å². The van der Waals surface area contributed by atoms with Crippen LogP contribution >= 0.6 is 0 Å². The molecule has 0 fully saturated rings. The van der Waals surface area contributed by atoms with Crippen molar-refractivity contribution >= 4 is 6.29 Å². The predicted molar refractivity (Wildman–Crippen MR) is 87.0 cm³/mol. The summed E-state index contributed by atoms with van der Waals surface area (Å²) in [5, 5.41) is 0. The Morgan fingerprint density at radius 1 is 0.870 bits per heavy atom. The number of ether oxygens (including phenoxy) is 4. The lowest BCUT2D eigenvalue weighted by atomic mass is 10.2. The second kappa shape index (κ2) is 8.68. The van der Waals surface area contributed by atoms with E-state index in [9.17, 15) is 4.79 Å². The minimum absolute atomic E-state index is 0.461. The van der Waals surface area contributed by atoms with Crippen LogP contribution in [0, 0.1) is 0 Å². The summed E-state index contributed by atoms with van der Waals surface area (Å²) in [6.07, 6.45) is 1.48. The molecule has 0 spiro atoms. The molecule has 122 valence electrons. The Balaban J connectivity index is 1.80. The SMILES string of the molecule is COc1cccc(OCCCOc2cc(C=O)ccc2OC)c1. The van der Waals surface area contributed by atoms with Gasteiger partial charge in [0.25, 0.3) is 0 Å². The van der Waals surface area contributed by atoms with Crippen LogP contribution in [0.2, 0.25) is 0 Å². The van der Waals surface area contributed by atoms with Gasteiger partial charge in [0.1, 0.15) is 17.8 Å². The standard InChI is InChI=1S/C18H20O5/c1-20-15-5-3-6-16(12-15)22-9-4-10-23-18-11-14(13-19)7-8-17(18)21-2/h3,5-8,11-13H,4,9-10H2,1-2H3. The molecule has 0 aliphatic rings. The number of methoxy groups -OCH3 is 2. The Morgan fingerprint density at radius 3 is 2.39 bits per heavy atom. The van der Waals surface area contributed by atoms with Crippen molar-refractivity contribution in [3.8, 4) is 23.0 Å². The summed E-state index contributed by atoms with van der Waals surface area (Å²) in [6, 6.07) is 12.5. The topological polar surface area (TPSA) is 54.0 Å². The van der Waals surface area contributed by atoms with Gasteiger partial charge in [-0.15, -0.1) is 0 Å². The Labute approximate surface area is 135 Å². The highest BCUT2D eigenvalue weighted by molar-refractivity contribution is 5.76. The molecule has 2 rings (SSSR count). The summed E-state index contributed by atoms with van der Waals surface area (Å²) in [4.78, 5) is 10.8. The van der Waals surface area contributed by atoms with Gasteiger partial charge in [-0.2, -0.15) is 0 Å². The van der Waals surface area contributed by atoms with Gasteiger partial charge in [0.2, 0.25) is 0 Å². The molecule has 0 radical (unpaired) electrons. The average molecular weight is 316 g/mol. The molecule has 0 atom stereocenters. The quantitative estimate of drug-likeness (QED) is 0.524. The highest BCUT2D eigenvalue weighted by Gasteiger charge is 2.05. The summed E-state index contributed by atoms with van der Waals surface area (Å²) in [5.41, 5.74) is 0.549. The summed E-state index contributed by atoms with van der Waals surface area (Å²) >= 11 is 0. The van der Waals surface area contributed by atoms with Crippen LogP contribution in [-0.4, -0.2) is 33.7 Å². The van der Waals surface area contributed by atoms with Gasteiger partial charge in [-0.1, -0.05) is 6.07 Å². The van der Waals surface area contributed by atoms with E-state index in [1.807, 2.05) is 24.3 Å². The predicted octanol–water partition coefficient (Wildman–Crippen LogP) is 3.36. The lowest BCUT2D eigenvalue weighted by Gasteiger charge is -2.11. The van der Waals surface area contributed by atoms with E-state index in [1.54, 1.807) is 32.4 Å². The normalized spacial score (nSPS) is 10.0. The van der Waals surface area contributed by atoms with E-state index in [0.717, 1.165) is 17.8 Å². The molecule has 0 N–H and O–H groups in total. The number of hydrogen-bond acceptors (Lipinski definition) is 5. The summed E-state index contributed by atoms with van der Waals surface area (Å²) < 4.78 is 21.7. The van der Waals surface area contributed by atoms with Crippen LogP contribution in [0.4, 0.5) is 0 Å². The van der Waals surface area contributed by atoms with Gasteiger partial charge in [-0.3, -0.25) is 4.79 Å². The average Bonchev–Trinajstić information content (AvgIpc) is 2.61. The number of benzene rings is 2. The molecule has 0 aromatic heterocycles. The maximum absolute atomic E-state index is 10.8. The van der Waals surface area contributed by atoms with Gasteiger partial charge < -0.3 is 18.9 Å². The highest BCUT2D eigenvalue weighted by atomic mass is 16.5. The van der Waals surface area contributed by atoms with E-state index in [0.29, 0.717) is 36.7 Å². The van der Waals surface area contributed by atoms with Gasteiger partial charge >= 0.3 is 0 Å². The third-order valence-electron chi connectivity index (χ3n) is 3.18. The Morgan fingerprint density at radius 2 is 1.65 bits per heavy atom. The molecule has 0 saturated heterocycles. The molecule has 0 aliphatic heterocycles. The molecule has 0 bridgehead atoms. The molecular weight excluding hydrogens is 296 g/mol. The summed E-state index contributed by atoms with van der Waals surface area (Å²) in [6.45, 7) is 0.978. The highest BCUT2D eigenvalue weighted by Crippen LogP contribution is 2.27. The van der Waals surface area contributed by atoms with Gasteiger partial charge in [0, 0.05) is 18.1 Å². The lowest BCUT2D eigenvalue weighted by molar-refractivity contribution is 0.112. The van der Waals surface area contributed by atoms with Gasteiger partial charge in [0.15, 0.2) is 11.5 Å². The zero-order valence-electron chi connectivity index (χ0n) is 13.3. The third kappa shape index (κ3) is 4.92. The fourth-order valence-corrected chi connectivity index (χ4v) is 2.00. The fraction of sp³-hybridized carbons (Fsp3) is 0.278. The van der Waals surface area contributed by atoms with Crippen LogP contribution in [0.1, 0.15) is 16.8 Å². The molecule has 0 unspecified atom stereocenters. The molecule has 0 aliphatic carbocycles. The second-order valence-electron chi connectivity index (χ2n) is 4.76. The van der Waals surface area contributed by atoms with Crippen molar-refractivity contribution in [3.63, 3.8) is 0 Å². The first-order valence-corrected chi connectivity index (χ1v) is 7.29. The molecule has 0 saturated carbocycles. The minimum Gasteiger partial charge on any atom is -0.497 e. The van der Waals surface area contributed by atoms with E-state index in [4.69, 9.17) is 18.9 Å². The Hall–Kier alpha value is -2.69. The number of carbonyl (C=O) groups is 1. The number of carbonyl (C=O) groups excluding carboxylic acids is 1. The third-order valence-corrected chi connectivity index (χ3v) is 3.18. The Kier molecular flexibility index (Phi) is 6.29. The maximum atomic E-state index is 10.8. The zero-order valence-corrected chi connectivity index (χ0v) is 13.3. The van der Waals surface area contributed by atoms with Crippen molar-refractivity contribution in [1.82, 2.24) is 0 Å². The molecule has 0 amide bonds. The van der Waals surface area contributed by atoms with Crippen LogP contribution in [0.5, 0.6) is 23.0 Å². The van der Waals surface area contributed by atoms with Crippen LogP contribution in [0.3, 0.4) is 0 Å². The number of hydrogen-bond donors (Lipinski definition) is 0.